The highest BCUT2D eigenvalue weighted by Gasteiger charge is 2.33. The average Bonchev–Trinajstić information content (AvgIpc) is 2.62. The van der Waals surface area contributed by atoms with Gasteiger partial charge in [-0.05, 0) is 74.0 Å². The molecule has 4 nitrogen and oxygen atoms in total. The number of allylic oxidation sites excluding steroid dienone is 3. The van der Waals surface area contributed by atoms with Gasteiger partial charge in [0.1, 0.15) is 28.9 Å². The van der Waals surface area contributed by atoms with Crippen LogP contribution in [0.1, 0.15) is 20.3 Å². The summed E-state index contributed by atoms with van der Waals surface area (Å²) in [6, 6.07) is 9.84. The fourth-order valence-corrected chi connectivity index (χ4v) is 3.14. The Morgan fingerprint density at radius 1 is 0.962 bits per heavy atom. The Bertz CT molecular complexity index is 763. The van der Waals surface area contributed by atoms with E-state index in [0.29, 0.717) is 0 Å². The van der Waals surface area contributed by atoms with Gasteiger partial charge in [-0.15, -0.1) is 0 Å². The third-order valence-electron chi connectivity index (χ3n) is 3.08. The number of halogens is 2. The summed E-state index contributed by atoms with van der Waals surface area (Å²) >= 11 is 0. The van der Waals surface area contributed by atoms with Crippen LogP contribution in [0.4, 0.5) is 8.78 Å². The van der Waals surface area contributed by atoms with Crippen LogP contribution in [0.3, 0.4) is 0 Å². The summed E-state index contributed by atoms with van der Waals surface area (Å²) in [5, 5.41) is 0. The van der Waals surface area contributed by atoms with Gasteiger partial charge in [-0.3, -0.25) is 0 Å². The maximum atomic E-state index is 13.1. The molecule has 0 aliphatic rings. The van der Waals surface area contributed by atoms with E-state index in [4.69, 9.17) is 13.6 Å². The zero-order valence-electron chi connectivity index (χ0n) is 14.4. The lowest BCUT2D eigenvalue weighted by atomic mass is 10.3. The molecule has 0 aromatic heterocycles. The third kappa shape index (κ3) is 6.05. The predicted molar refractivity (Wildman–Crippen MR) is 95.9 cm³/mol. The minimum atomic E-state index is -4.17. The lowest BCUT2D eigenvalue weighted by Gasteiger charge is -2.19. The van der Waals surface area contributed by atoms with Gasteiger partial charge < -0.3 is 13.6 Å². The molecule has 0 unspecified atom stereocenters. The molecule has 0 amide bonds. The first-order valence-electron chi connectivity index (χ1n) is 7.97. The van der Waals surface area contributed by atoms with Gasteiger partial charge >= 0.3 is 7.82 Å². The molecule has 0 aliphatic carbocycles. The van der Waals surface area contributed by atoms with Crippen LogP contribution in [0.15, 0.2) is 72.5 Å². The summed E-state index contributed by atoms with van der Waals surface area (Å²) in [6.07, 6.45) is 5.80. The monoisotopic (exact) mass is 380 g/mol. The van der Waals surface area contributed by atoms with Crippen LogP contribution in [0, 0.1) is 11.6 Å². The second-order valence-electron chi connectivity index (χ2n) is 5.13. The van der Waals surface area contributed by atoms with Crippen molar-refractivity contribution in [1.29, 1.82) is 0 Å². The molecular weight excluding hydrogens is 361 g/mol. The molecule has 2 aromatic rings. The average molecular weight is 380 g/mol. The summed E-state index contributed by atoms with van der Waals surface area (Å²) in [5.41, 5.74) is 0. The second kappa shape index (κ2) is 9.20. The van der Waals surface area contributed by atoms with Crippen molar-refractivity contribution >= 4 is 7.82 Å². The van der Waals surface area contributed by atoms with Crippen molar-refractivity contribution in [2.75, 3.05) is 0 Å². The van der Waals surface area contributed by atoms with Crippen LogP contribution >= 0.6 is 7.82 Å². The fraction of sp³-hybridized carbons (Fsp3) is 0.158. The van der Waals surface area contributed by atoms with Crippen LogP contribution in [-0.2, 0) is 9.09 Å². The molecular formula is C19H19F2O4P. The zero-order chi connectivity index (χ0) is 19.0. The molecule has 0 spiro atoms. The van der Waals surface area contributed by atoms with Gasteiger partial charge in [0.25, 0.3) is 0 Å². The van der Waals surface area contributed by atoms with Crippen molar-refractivity contribution in [3.8, 4) is 11.5 Å². The summed E-state index contributed by atoms with van der Waals surface area (Å²) in [4.78, 5) is 0. The third-order valence-corrected chi connectivity index (χ3v) is 4.38. The molecule has 0 atom stereocenters. The van der Waals surface area contributed by atoms with Crippen molar-refractivity contribution < 1.29 is 26.9 Å². The molecule has 2 rings (SSSR count). The number of hydrogen-bond acceptors (Lipinski definition) is 4. The van der Waals surface area contributed by atoms with Gasteiger partial charge in [0, 0.05) is 0 Å². The van der Waals surface area contributed by atoms with Crippen LogP contribution < -0.4 is 9.05 Å². The Hall–Kier alpha value is -2.59. The molecule has 0 heterocycles. The second-order valence-corrected chi connectivity index (χ2v) is 6.57. The van der Waals surface area contributed by atoms with Crippen molar-refractivity contribution in [1.82, 2.24) is 0 Å². The van der Waals surface area contributed by atoms with Crippen LogP contribution in [0.5, 0.6) is 11.5 Å². The topological polar surface area (TPSA) is 44.8 Å². The van der Waals surface area contributed by atoms with E-state index in [9.17, 15) is 13.3 Å². The van der Waals surface area contributed by atoms with E-state index in [1.54, 1.807) is 19.1 Å². The number of rotatable bonds is 8. The van der Waals surface area contributed by atoms with Crippen molar-refractivity contribution in [2.45, 2.75) is 20.3 Å². The highest BCUT2D eigenvalue weighted by Crippen LogP contribution is 2.51. The lowest BCUT2D eigenvalue weighted by molar-refractivity contribution is 0.262. The molecule has 0 N–H and O–H groups in total. The van der Waals surface area contributed by atoms with Gasteiger partial charge in [0.2, 0.25) is 0 Å². The molecule has 0 saturated heterocycles. The fourth-order valence-electron chi connectivity index (χ4n) is 1.85. The molecule has 0 bridgehead atoms. The SMILES string of the molecule is C/C=C(\C=C/CC)OP(=O)(Oc1ccc(F)cc1)Oc1ccc(F)cc1. The van der Waals surface area contributed by atoms with E-state index < -0.39 is 19.5 Å². The van der Waals surface area contributed by atoms with Gasteiger partial charge in [0.05, 0.1) is 0 Å². The largest absolute Gasteiger partial charge is 0.647 e. The van der Waals surface area contributed by atoms with Crippen LogP contribution in [0.2, 0.25) is 0 Å². The maximum Gasteiger partial charge on any atom is 0.647 e. The first-order chi connectivity index (χ1) is 12.4. The Kier molecular flexibility index (Phi) is 6.98. The van der Waals surface area contributed by atoms with E-state index in [1.807, 2.05) is 13.0 Å². The summed E-state index contributed by atoms with van der Waals surface area (Å²) in [7, 11) is -4.17. The van der Waals surface area contributed by atoms with Gasteiger partial charge in [-0.2, -0.15) is 4.57 Å². The van der Waals surface area contributed by atoms with Crippen molar-refractivity contribution in [3.05, 3.63) is 84.2 Å². The number of hydrogen-bond donors (Lipinski definition) is 0. The Morgan fingerprint density at radius 3 is 1.81 bits per heavy atom. The molecule has 26 heavy (non-hydrogen) atoms. The standard InChI is InChI=1S/C19H19F2O4P/c1-3-5-6-17(4-2)23-26(22,24-18-11-7-15(20)8-12-18)25-19-13-9-16(21)10-14-19/h4-14H,3H2,1-2H3/b6-5-,17-4+. The zero-order valence-corrected chi connectivity index (χ0v) is 15.3. The maximum absolute atomic E-state index is 13.1. The number of phosphoric acid groups is 1. The Balaban J connectivity index is 2.29. The Morgan fingerprint density at radius 2 is 1.42 bits per heavy atom. The van der Waals surface area contributed by atoms with E-state index in [-0.39, 0.29) is 17.3 Å². The normalized spacial score (nSPS) is 12.2. The number of benzene rings is 2. The molecule has 2 aromatic carbocycles. The minimum absolute atomic E-state index is 0.103. The van der Waals surface area contributed by atoms with Gasteiger partial charge in [-0.1, -0.05) is 13.0 Å². The van der Waals surface area contributed by atoms with E-state index >= 15 is 0 Å². The number of phosphoric ester groups is 1. The molecule has 0 radical (unpaired) electrons. The first kappa shape index (κ1) is 19.7. The van der Waals surface area contributed by atoms with E-state index in [1.165, 1.54) is 24.3 Å². The summed E-state index contributed by atoms with van der Waals surface area (Å²) in [5.74, 6) is -0.446. The van der Waals surface area contributed by atoms with Crippen molar-refractivity contribution in [2.24, 2.45) is 0 Å². The predicted octanol–water partition coefficient (Wildman–Crippen LogP) is 6.42. The molecule has 138 valence electrons. The molecule has 0 fully saturated rings. The smallest absolute Gasteiger partial charge is 0.386 e. The quantitative estimate of drug-likeness (QED) is 0.301. The van der Waals surface area contributed by atoms with E-state index in [2.05, 4.69) is 0 Å². The molecule has 0 saturated carbocycles. The lowest BCUT2D eigenvalue weighted by Crippen LogP contribution is -2.05. The Labute approximate surface area is 151 Å². The van der Waals surface area contributed by atoms with Gasteiger partial charge in [0.15, 0.2) is 0 Å². The highest BCUT2D eigenvalue weighted by molar-refractivity contribution is 7.49. The first-order valence-corrected chi connectivity index (χ1v) is 9.43. The molecule has 0 aliphatic heterocycles. The summed E-state index contributed by atoms with van der Waals surface area (Å²) < 4.78 is 55.5. The van der Waals surface area contributed by atoms with Crippen molar-refractivity contribution in [3.63, 3.8) is 0 Å². The van der Waals surface area contributed by atoms with Gasteiger partial charge in [-0.25, -0.2) is 8.78 Å². The van der Waals surface area contributed by atoms with E-state index in [0.717, 1.165) is 30.7 Å². The van der Waals surface area contributed by atoms with Crippen LogP contribution in [-0.4, -0.2) is 0 Å². The molecule has 7 heteroatoms. The minimum Gasteiger partial charge on any atom is -0.386 e. The summed E-state index contributed by atoms with van der Waals surface area (Å²) in [6.45, 7) is 3.64. The van der Waals surface area contributed by atoms with Crippen LogP contribution in [0.25, 0.3) is 0 Å². The highest BCUT2D eigenvalue weighted by atomic mass is 31.2.